The van der Waals surface area contributed by atoms with E-state index in [1.54, 1.807) is 11.3 Å². The van der Waals surface area contributed by atoms with Gasteiger partial charge in [0, 0.05) is 18.5 Å². The van der Waals surface area contributed by atoms with Crippen molar-refractivity contribution in [2.24, 2.45) is 5.73 Å². The van der Waals surface area contributed by atoms with Gasteiger partial charge in [-0.1, -0.05) is 6.92 Å². The van der Waals surface area contributed by atoms with Gasteiger partial charge >= 0.3 is 0 Å². The van der Waals surface area contributed by atoms with Gasteiger partial charge in [-0.25, -0.2) is 4.98 Å². The summed E-state index contributed by atoms with van der Waals surface area (Å²) in [6.45, 7) is 5.35. The summed E-state index contributed by atoms with van der Waals surface area (Å²) in [6, 6.07) is 0. The first-order chi connectivity index (χ1) is 6.31. The predicted octanol–water partition coefficient (Wildman–Crippen LogP) is 2.09. The molecule has 13 heavy (non-hydrogen) atoms. The monoisotopic (exact) mass is 200 g/mol. The van der Waals surface area contributed by atoms with Crippen molar-refractivity contribution < 1.29 is 4.74 Å². The number of nitrogens with zero attached hydrogens (tertiary/aromatic N) is 1. The molecular weight excluding hydrogens is 184 g/mol. The van der Waals surface area contributed by atoms with Crippen LogP contribution in [0.1, 0.15) is 37.1 Å². The van der Waals surface area contributed by atoms with Crippen LogP contribution in [0.25, 0.3) is 0 Å². The first kappa shape index (κ1) is 10.6. The summed E-state index contributed by atoms with van der Waals surface area (Å²) in [5.74, 6) is 0. The Hall–Kier alpha value is -0.450. The van der Waals surface area contributed by atoms with Crippen LogP contribution in [0.15, 0.2) is 5.38 Å². The van der Waals surface area contributed by atoms with Gasteiger partial charge < -0.3 is 10.5 Å². The van der Waals surface area contributed by atoms with Crippen LogP contribution in [0.3, 0.4) is 0 Å². The third-order valence-corrected chi connectivity index (χ3v) is 2.78. The van der Waals surface area contributed by atoms with Crippen LogP contribution >= 0.6 is 11.3 Å². The molecule has 0 saturated heterocycles. The number of thiazole rings is 1. The van der Waals surface area contributed by atoms with Crippen molar-refractivity contribution in [3.63, 3.8) is 0 Å². The molecule has 0 aliphatic rings. The van der Waals surface area contributed by atoms with Crippen LogP contribution in [-0.2, 0) is 11.3 Å². The summed E-state index contributed by atoms with van der Waals surface area (Å²) >= 11 is 1.63. The van der Waals surface area contributed by atoms with Gasteiger partial charge in [-0.15, -0.1) is 11.3 Å². The number of hydrogen-bond acceptors (Lipinski definition) is 4. The molecular formula is C9H16N2OS. The molecule has 1 aromatic heterocycles. The Kier molecular flexibility index (Phi) is 4.35. The van der Waals surface area contributed by atoms with Crippen molar-refractivity contribution >= 4 is 11.3 Å². The summed E-state index contributed by atoms with van der Waals surface area (Å²) in [6.07, 6.45) is 1.11. The van der Waals surface area contributed by atoms with E-state index in [9.17, 15) is 0 Å². The molecule has 0 aliphatic carbocycles. The Balaban J connectivity index is 2.67. The average molecular weight is 200 g/mol. The molecule has 1 atom stereocenters. The van der Waals surface area contributed by atoms with E-state index in [0.29, 0.717) is 6.54 Å². The minimum Gasteiger partial charge on any atom is -0.371 e. The molecule has 4 heteroatoms. The maximum atomic E-state index is 5.54. The van der Waals surface area contributed by atoms with E-state index in [1.165, 1.54) is 0 Å². The molecule has 0 aromatic carbocycles. The summed E-state index contributed by atoms with van der Waals surface area (Å²) in [5, 5.41) is 3.04. The minimum atomic E-state index is 0.148. The van der Waals surface area contributed by atoms with Crippen LogP contribution in [-0.4, -0.2) is 11.6 Å². The Bertz CT molecular complexity index is 250. The van der Waals surface area contributed by atoms with Crippen molar-refractivity contribution in [3.05, 3.63) is 16.1 Å². The van der Waals surface area contributed by atoms with E-state index in [2.05, 4.69) is 11.9 Å². The highest BCUT2D eigenvalue weighted by Gasteiger charge is 2.12. The molecule has 0 saturated carbocycles. The topological polar surface area (TPSA) is 48.1 Å². The molecule has 74 valence electrons. The summed E-state index contributed by atoms with van der Waals surface area (Å²) in [4.78, 5) is 4.39. The van der Waals surface area contributed by atoms with E-state index >= 15 is 0 Å². The van der Waals surface area contributed by atoms with Crippen molar-refractivity contribution in [1.82, 2.24) is 4.98 Å². The van der Waals surface area contributed by atoms with Gasteiger partial charge in [-0.3, -0.25) is 0 Å². The van der Waals surface area contributed by atoms with E-state index < -0.39 is 0 Å². The second kappa shape index (κ2) is 5.32. The Morgan fingerprint density at radius 2 is 2.38 bits per heavy atom. The Morgan fingerprint density at radius 3 is 2.85 bits per heavy atom. The van der Waals surface area contributed by atoms with Crippen molar-refractivity contribution in [1.29, 1.82) is 0 Å². The van der Waals surface area contributed by atoms with Crippen molar-refractivity contribution in [3.8, 4) is 0 Å². The van der Waals surface area contributed by atoms with Gasteiger partial charge in [-0.05, 0) is 13.3 Å². The highest BCUT2D eigenvalue weighted by Crippen LogP contribution is 2.24. The van der Waals surface area contributed by atoms with E-state index in [1.807, 2.05) is 12.3 Å². The summed E-state index contributed by atoms with van der Waals surface area (Å²) < 4.78 is 5.54. The second-order valence-electron chi connectivity index (χ2n) is 2.73. The molecule has 1 heterocycles. The fourth-order valence-corrected chi connectivity index (χ4v) is 2.09. The molecule has 2 N–H and O–H groups in total. The van der Waals surface area contributed by atoms with Crippen LogP contribution in [0.4, 0.5) is 0 Å². The molecule has 0 radical (unpaired) electrons. The Labute approximate surface area is 82.9 Å². The quantitative estimate of drug-likeness (QED) is 0.791. The number of rotatable bonds is 5. The number of ether oxygens (including phenoxy) is 1. The molecule has 0 bridgehead atoms. The molecule has 0 aliphatic heterocycles. The lowest BCUT2D eigenvalue weighted by molar-refractivity contribution is 0.0595. The standard InChI is InChI=1S/C9H16N2OS/c1-3-8(12-4-2)9-11-7(5-10)6-13-9/h6,8H,3-5,10H2,1-2H3. The minimum absolute atomic E-state index is 0.148. The Morgan fingerprint density at radius 1 is 1.62 bits per heavy atom. The van der Waals surface area contributed by atoms with Crippen LogP contribution < -0.4 is 5.73 Å². The van der Waals surface area contributed by atoms with E-state index in [4.69, 9.17) is 10.5 Å². The maximum Gasteiger partial charge on any atom is 0.122 e. The van der Waals surface area contributed by atoms with Gasteiger partial charge in [-0.2, -0.15) is 0 Å². The zero-order valence-corrected chi connectivity index (χ0v) is 8.93. The third-order valence-electron chi connectivity index (χ3n) is 1.79. The van der Waals surface area contributed by atoms with Crippen LogP contribution in [0, 0.1) is 0 Å². The van der Waals surface area contributed by atoms with Crippen molar-refractivity contribution in [2.75, 3.05) is 6.61 Å². The van der Waals surface area contributed by atoms with Gasteiger partial charge in [0.25, 0.3) is 0 Å². The molecule has 1 rings (SSSR count). The first-order valence-corrected chi connectivity index (χ1v) is 5.45. The zero-order valence-electron chi connectivity index (χ0n) is 8.12. The lowest BCUT2D eigenvalue weighted by atomic mass is 10.3. The fourth-order valence-electron chi connectivity index (χ4n) is 1.13. The first-order valence-electron chi connectivity index (χ1n) is 4.57. The number of nitrogens with two attached hydrogens (primary N) is 1. The van der Waals surface area contributed by atoms with Gasteiger partial charge in [0.1, 0.15) is 11.1 Å². The zero-order chi connectivity index (χ0) is 9.68. The predicted molar refractivity (Wildman–Crippen MR) is 54.7 cm³/mol. The summed E-state index contributed by atoms with van der Waals surface area (Å²) in [5.41, 5.74) is 6.44. The van der Waals surface area contributed by atoms with Gasteiger partial charge in [0.2, 0.25) is 0 Å². The smallest absolute Gasteiger partial charge is 0.122 e. The largest absolute Gasteiger partial charge is 0.371 e. The number of aromatic nitrogens is 1. The molecule has 1 aromatic rings. The normalized spacial score (nSPS) is 13.2. The summed E-state index contributed by atoms with van der Waals surface area (Å²) in [7, 11) is 0. The van der Waals surface area contributed by atoms with Crippen molar-refractivity contribution in [2.45, 2.75) is 32.9 Å². The average Bonchev–Trinajstić information content (AvgIpc) is 2.62. The third kappa shape index (κ3) is 2.76. The second-order valence-corrected chi connectivity index (χ2v) is 3.62. The van der Waals surface area contributed by atoms with Crippen LogP contribution in [0.2, 0.25) is 0 Å². The van der Waals surface area contributed by atoms with E-state index in [-0.39, 0.29) is 6.10 Å². The van der Waals surface area contributed by atoms with Crippen LogP contribution in [0.5, 0.6) is 0 Å². The van der Waals surface area contributed by atoms with Gasteiger partial charge in [0.05, 0.1) is 5.69 Å². The highest BCUT2D eigenvalue weighted by molar-refractivity contribution is 7.09. The lowest BCUT2D eigenvalue weighted by Crippen LogP contribution is -2.03. The van der Waals surface area contributed by atoms with Gasteiger partial charge in [0.15, 0.2) is 0 Å². The molecule has 0 spiro atoms. The molecule has 1 unspecified atom stereocenters. The molecule has 3 nitrogen and oxygen atoms in total. The molecule has 0 amide bonds. The maximum absolute atomic E-state index is 5.54. The van der Waals surface area contributed by atoms with E-state index in [0.717, 1.165) is 23.7 Å². The fraction of sp³-hybridized carbons (Fsp3) is 0.667. The lowest BCUT2D eigenvalue weighted by Gasteiger charge is -2.10. The molecule has 0 fully saturated rings. The SMILES string of the molecule is CCOC(CC)c1nc(CN)cs1. The highest BCUT2D eigenvalue weighted by atomic mass is 32.1. The number of hydrogen-bond donors (Lipinski definition) is 1.